The number of nitrogens with one attached hydrogen (secondary N) is 2. The fourth-order valence-corrected chi connectivity index (χ4v) is 5.02. The molecule has 38 heavy (non-hydrogen) atoms. The van der Waals surface area contributed by atoms with Crippen LogP contribution in [-0.2, 0) is 17.9 Å². The number of ether oxygens (including phenoxy) is 1. The normalized spacial score (nSPS) is 21.3. The summed E-state index contributed by atoms with van der Waals surface area (Å²) in [6.07, 6.45) is 2.71. The van der Waals surface area contributed by atoms with Crippen LogP contribution in [0.4, 0.5) is 11.6 Å². The number of carbonyl (C=O) groups excluding carboxylic acids is 1. The molecule has 0 unspecified atom stereocenters. The van der Waals surface area contributed by atoms with Gasteiger partial charge in [0.25, 0.3) is 0 Å². The van der Waals surface area contributed by atoms with E-state index in [2.05, 4.69) is 73.8 Å². The summed E-state index contributed by atoms with van der Waals surface area (Å²) in [6, 6.07) is 16.6. The topological polar surface area (TPSA) is 85.9 Å². The van der Waals surface area contributed by atoms with Gasteiger partial charge in [-0.05, 0) is 49.3 Å². The molecule has 2 aromatic carbocycles. The van der Waals surface area contributed by atoms with E-state index in [-0.39, 0.29) is 5.91 Å². The van der Waals surface area contributed by atoms with Gasteiger partial charge >= 0.3 is 0 Å². The van der Waals surface area contributed by atoms with E-state index in [0.717, 1.165) is 80.5 Å². The summed E-state index contributed by atoms with van der Waals surface area (Å²) < 4.78 is 5.59. The van der Waals surface area contributed by atoms with Crippen molar-refractivity contribution in [2.45, 2.75) is 19.5 Å². The number of aromatic nitrogens is 2. The third-order valence-electron chi connectivity index (χ3n) is 7.09. The lowest BCUT2D eigenvalue weighted by atomic mass is 10.1. The molecule has 5 aliphatic heterocycles. The Balaban J connectivity index is 1.38. The minimum atomic E-state index is 0.111. The lowest BCUT2D eigenvalue weighted by molar-refractivity contribution is -0.122. The lowest BCUT2D eigenvalue weighted by Gasteiger charge is -2.34. The highest BCUT2D eigenvalue weighted by Crippen LogP contribution is 2.25. The van der Waals surface area contributed by atoms with E-state index in [1.807, 2.05) is 12.1 Å². The molecule has 9 heteroatoms. The maximum Gasteiger partial charge on any atom is 0.234 e. The third-order valence-corrected chi connectivity index (χ3v) is 7.09. The van der Waals surface area contributed by atoms with Gasteiger partial charge < -0.3 is 20.3 Å². The van der Waals surface area contributed by atoms with Crippen LogP contribution in [0, 0.1) is 0 Å². The van der Waals surface area contributed by atoms with Crippen LogP contribution in [0.25, 0.3) is 11.3 Å². The second-order valence-corrected chi connectivity index (χ2v) is 10.2. The van der Waals surface area contributed by atoms with Crippen LogP contribution in [0.3, 0.4) is 0 Å². The molecule has 1 saturated heterocycles. The van der Waals surface area contributed by atoms with Gasteiger partial charge in [-0.3, -0.25) is 14.6 Å². The number of benzene rings is 2. The molecule has 1 amide bonds. The predicted octanol–water partition coefficient (Wildman–Crippen LogP) is 2.97. The van der Waals surface area contributed by atoms with Crippen molar-refractivity contribution < 1.29 is 9.53 Å². The minimum Gasteiger partial charge on any atom is -0.497 e. The zero-order valence-electron chi connectivity index (χ0n) is 22.3. The molecular weight excluding hydrogens is 478 g/mol. The summed E-state index contributed by atoms with van der Waals surface area (Å²) in [4.78, 5) is 28.7. The number of amides is 1. The van der Waals surface area contributed by atoms with E-state index >= 15 is 0 Å². The second-order valence-electron chi connectivity index (χ2n) is 10.2. The molecule has 9 nitrogen and oxygen atoms in total. The zero-order chi connectivity index (χ0) is 26.3. The quantitative estimate of drug-likeness (QED) is 0.512. The van der Waals surface area contributed by atoms with Crippen molar-refractivity contribution in [3.05, 3.63) is 65.9 Å². The highest BCUT2D eigenvalue weighted by molar-refractivity contribution is 5.78. The molecule has 0 saturated carbocycles. The van der Waals surface area contributed by atoms with Gasteiger partial charge in [-0.25, -0.2) is 9.97 Å². The SMILES string of the molecule is COc1cc2cc(c1)Nc1nccc(n1)-c1ccc(cc1)CN(C)CCCNC(=O)CN1CCN(CC1)C2. The Hall–Kier alpha value is -3.53. The van der Waals surface area contributed by atoms with Crippen LogP contribution in [-0.4, -0.2) is 90.5 Å². The first-order chi connectivity index (χ1) is 18.5. The van der Waals surface area contributed by atoms with Crippen LogP contribution in [0.1, 0.15) is 17.5 Å². The summed E-state index contributed by atoms with van der Waals surface area (Å²) in [5.74, 6) is 1.45. The molecule has 0 atom stereocenters. The molecule has 0 radical (unpaired) electrons. The molecule has 2 N–H and O–H groups in total. The number of hydrogen-bond acceptors (Lipinski definition) is 8. The van der Waals surface area contributed by atoms with Crippen molar-refractivity contribution >= 4 is 17.5 Å². The van der Waals surface area contributed by atoms with Gasteiger partial charge in [0.05, 0.1) is 19.3 Å². The van der Waals surface area contributed by atoms with Crippen molar-refractivity contribution in [2.24, 2.45) is 0 Å². The van der Waals surface area contributed by atoms with Crippen molar-refractivity contribution in [3.63, 3.8) is 0 Å². The van der Waals surface area contributed by atoms with E-state index in [4.69, 9.17) is 9.72 Å². The van der Waals surface area contributed by atoms with Crippen LogP contribution in [0.5, 0.6) is 5.75 Å². The van der Waals surface area contributed by atoms with Gasteiger partial charge in [0.1, 0.15) is 5.75 Å². The molecule has 3 aromatic rings. The third kappa shape index (κ3) is 7.06. The smallest absolute Gasteiger partial charge is 0.234 e. The zero-order valence-corrected chi connectivity index (χ0v) is 22.3. The summed E-state index contributed by atoms with van der Waals surface area (Å²) in [5.41, 5.74) is 5.20. The molecule has 1 fully saturated rings. The van der Waals surface area contributed by atoms with E-state index < -0.39 is 0 Å². The molecule has 200 valence electrons. The van der Waals surface area contributed by atoms with Gasteiger partial charge in [-0.15, -0.1) is 0 Å². The maximum absolute atomic E-state index is 12.5. The molecule has 0 aliphatic carbocycles. The fourth-order valence-electron chi connectivity index (χ4n) is 5.02. The Bertz CT molecular complexity index is 1230. The standard InChI is InChI=1S/C29H37N7O2/c1-34-11-3-9-30-28(37)21-36-14-12-35(13-15-36)20-23-16-25(18-26(17-23)38-2)32-29-31-10-8-27(33-29)24-6-4-22(19-34)5-7-24/h4-8,10,16-18H,3,9,11-15,19-21H2,1-2H3,(H,30,37)(H,31,32,33). The lowest BCUT2D eigenvalue weighted by Crippen LogP contribution is -2.49. The van der Waals surface area contributed by atoms with E-state index in [1.165, 1.54) is 5.56 Å². The van der Waals surface area contributed by atoms with Crippen LogP contribution in [0.2, 0.25) is 0 Å². The largest absolute Gasteiger partial charge is 0.497 e. The van der Waals surface area contributed by atoms with E-state index in [1.54, 1.807) is 13.3 Å². The highest BCUT2D eigenvalue weighted by atomic mass is 16.5. The second kappa shape index (κ2) is 12.3. The summed E-state index contributed by atoms with van der Waals surface area (Å²) in [7, 11) is 3.80. The monoisotopic (exact) mass is 515 g/mol. The summed E-state index contributed by atoms with van der Waals surface area (Å²) in [6.45, 7) is 7.34. The molecular formula is C29H37N7O2. The molecule has 8 rings (SSSR count). The number of nitrogens with zero attached hydrogens (tertiary/aromatic N) is 5. The minimum absolute atomic E-state index is 0.111. The van der Waals surface area contributed by atoms with Crippen molar-refractivity contribution in [3.8, 4) is 17.0 Å². The van der Waals surface area contributed by atoms with Crippen LogP contribution >= 0.6 is 0 Å². The first-order valence-electron chi connectivity index (χ1n) is 13.3. The Morgan fingerprint density at radius 2 is 1.63 bits per heavy atom. The number of methoxy groups -OCH3 is 1. The van der Waals surface area contributed by atoms with Crippen molar-refractivity contribution in [1.29, 1.82) is 0 Å². The fraction of sp³-hybridized carbons (Fsp3) is 0.414. The predicted molar refractivity (Wildman–Crippen MR) is 149 cm³/mol. The number of hydrogen-bond donors (Lipinski definition) is 2. The maximum atomic E-state index is 12.5. The van der Waals surface area contributed by atoms with Gasteiger partial charge in [-0.1, -0.05) is 24.3 Å². The molecule has 0 spiro atoms. The van der Waals surface area contributed by atoms with Gasteiger partial charge in [0.2, 0.25) is 11.9 Å². The molecule has 1 aromatic heterocycles. The summed E-state index contributed by atoms with van der Waals surface area (Å²) in [5, 5.41) is 6.47. The van der Waals surface area contributed by atoms with Crippen LogP contribution < -0.4 is 15.4 Å². The first kappa shape index (κ1) is 26.1. The molecule has 5 aliphatic rings. The Morgan fingerprint density at radius 3 is 2.39 bits per heavy atom. The number of piperazine rings is 1. The van der Waals surface area contributed by atoms with Crippen molar-refractivity contribution in [1.82, 2.24) is 30.0 Å². The first-order valence-corrected chi connectivity index (χ1v) is 13.3. The molecule has 6 heterocycles. The van der Waals surface area contributed by atoms with E-state index in [0.29, 0.717) is 19.0 Å². The van der Waals surface area contributed by atoms with Gasteiger partial charge in [-0.2, -0.15) is 0 Å². The number of rotatable bonds is 1. The molecule has 8 bridgehead atoms. The Kier molecular flexibility index (Phi) is 8.47. The number of carbonyl (C=O) groups is 1. The van der Waals surface area contributed by atoms with E-state index in [9.17, 15) is 4.79 Å². The number of anilines is 2. The summed E-state index contributed by atoms with van der Waals surface area (Å²) >= 11 is 0. The average molecular weight is 516 g/mol. The Labute approximate surface area is 224 Å². The highest BCUT2D eigenvalue weighted by Gasteiger charge is 2.19. The van der Waals surface area contributed by atoms with Gasteiger partial charge in [0.15, 0.2) is 0 Å². The van der Waals surface area contributed by atoms with Crippen LogP contribution in [0.15, 0.2) is 54.7 Å². The Morgan fingerprint density at radius 1 is 0.868 bits per heavy atom. The van der Waals surface area contributed by atoms with Gasteiger partial charge in [0, 0.05) is 69.3 Å². The average Bonchev–Trinajstić information content (AvgIpc) is 2.92. The van der Waals surface area contributed by atoms with Crippen molar-refractivity contribution in [2.75, 3.05) is 65.3 Å².